The molecule has 2 aromatic rings. The number of benzene rings is 2. The summed E-state index contributed by atoms with van der Waals surface area (Å²) in [6, 6.07) is 21.1. The first-order chi connectivity index (χ1) is 13.2. The summed E-state index contributed by atoms with van der Waals surface area (Å²) < 4.78 is 0. The molecular weight excluding hydrogens is 338 g/mol. The monoisotopic (exact) mass is 365 g/mol. The predicted molar refractivity (Wildman–Crippen MR) is 105 cm³/mol. The molecule has 1 amide bonds. The molecule has 0 bridgehead atoms. The van der Waals surface area contributed by atoms with E-state index < -0.39 is 6.10 Å². The molecule has 0 radical (unpaired) electrons. The van der Waals surface area contributed by atoms with Crippen molar-refractivity contribution in [2.75, 3.05) is 32.7 Å². The van der Waals surface area contributed by atoms with Crippen LogP contribution in [0.3, 0.4) is 0 Å². The first-order valence-electron chi connectivity index (χ1n) is 9.76. The molecule has 0 saturated carbocycles. The number of nitrogens with one attached hydrogen (secondary N) is 1. The zero-order chi connectivity index (χ0) is 18.6. The van der Waals surface area contributed by atoms with E-state index in [0.29, 0.717) is 13.0 Å². The molecule has 0 spiro atoms. The summed E-state index contributed by atoms with van der Waals surface area (Å²) in [6.07, 6.45) is 0.121. The van der Waals surface area contributed by atoms with Crippen LogP contribution in [0.15, 0.2) is 60.7 Å². The van der Waals surface area contributed by atoms with E-state index in [-0.39, 0.29) is 18.0 Å². The minimum atomic E-state index is -0.402. The van der Waals surface area contributed by atoms with Crippen molar-refractivity contribution < 1.29 is 9.90 Å². The van der Waals surface area contributed by atoms with Crippen molar-refractivity contribution in [3.05, 3.63) is 71.8 Å². The van der Waals surface area contributed by atoms with Gasteiger partial charge in [0.05, 0.1) is 18.2 Å². The van der Waals surface area contributed by atoms with Crippen LogP contribution in [0.2, 0.25) is 0 Å². The second kappa shape index (κ2) is 8.21. The van der Waals surface area contributed by atoms with Crippen LogP contribution < -0.4 is 5.32 Å². The van der Waals surface area contributed by atoms with Crippen molar-refractivity contribution in [2.24, 2.45) is 0 Å². The molecule has 5 nitrogen and oxygen atoms in total. The lowest BCUT2D eigenvalue weighted by Gasteiger charge is -2.40. The molecule has 5 heteroatoms. The van der Waals surface area contributed by atoms with Gasteiger partial charge in [0.25, 0.3) is 0 Å². The SMILES string of the molecule is O=C(C1CC(O)CN1)N1CCN(C(c2ccccc2)c2ccccc2)CC1. The third kappa shape index (κ3) is 4.05. The van der Waals surface area contributed by atoms with Gasteiger partial charge in [-0.3, -0.25) is 9.69 Å². The summed E-state index contributed by atoms with van der Waals surface area (Å²) >= 11 is 0. The molecule has 142 valence electrons. The first-order valence-corrected chi connectivity index (χ1v) is 9.76. The lowest BCUT2D eigenvalue weighted by Crippen LogP contribution is -2.53. The molecule has 2 aliphatic heterocycles. The zero-order valence-electron chi connectivity index (χ0n) is 15.5. The molecule has 2 unspecified atom stereocenters. The first kappa shape index (κ1) is 18.2. The van der Waals surface area contributed by atoms with Gasteiger partial charge in [-0.25, -0.2) is 0 Å². The van der Waals surface area contributed by atoms with E-state index in [0.717, 1.165) is 26.2 Å². The smallest absolute Gasteiger partial charge is 0.239 e. The molecule has 0 aromatic heterocycles. The fraction of sp³-hybridized carbons (Fsp3) is 0.409. The van der Waals surface area contributed by atoms with E-state index in [1.54, 1.807) is 0 Å². The Bertz CT molecular complexity index is 705. The summed E-state index contributed by atoms with van der Waals surface area (Å²) in [4.78, 5) is 17.1. The van der Waals surface area contributed by atoms with Crippen molar-refractivity contribution in [3.63, 3.8) is 0 Å². The zero-order valence-corrected chi connectivity index (χ0v) is 15.5. The maximum absolute atomic E-state index is 12.7. The lowest BCUT2D eigenvalue weighted by molar-refractivity contribution is -0.135. The number of aliphatic hydroxyl groups excluding tert-OH is 1. The second-order valence-electron chi connectivity index (χ2n) is 7.44. The normalized spacial score (nSPS) is 23.7. The van der Waals surface area contributed by atoms with Crippen LogP contribution in [0, 0.1) is 0 Å². The van der Waals surface area contributed by atoms with E-state index in [2.05, 4.69) is 58.7 Å². The van der Waals surface area contributed by atoms with Gasteiger partial charge in [0, 0.05) is 32.7 Å². The molecule has 2 saturated heterocycles. The van der Waals surface area contributed by atoms with E-state index in [4.69, 9.17) is 0 Å². The lowest BCUT2D eigenvalue weighted by atomic mass is 9.96. The van der Waals surface area contributed by atoms with Gasteiger partial charge < -0.3 is 15.3 Å². The van der Waals surface area contributed by atoms with Gasteiger partial charge in [0.2, 0.25) is 5.91 Å². The fourth-order valence-electron chi connectivity index (χ4n) is 4.21. The number of β-amino-alcohol motifs (C(OH)–C–C–N with tert-alkyl or cyclic N) is 1. The molecular formula is C22H27N3O2. The van der Waals surface area contributed by atoms with Gasteiger partial charge in [-0.2, -0.15) is 0 Å². The van der Waals surface area contributed by atoms with E-state index in [1.807, 2.05) is 17.0 Å². The minimum absolute atomic E-state index is 0.127. The highest BCUT2D eigenvalue weighted by molar-refractivity contribution is 5.82. The van der Waals surface area contributed by atoms with Crippen molar-refractivity contribution >= 4 is 5.91 Å². The summed E-state index contributed by atoms with van der Waals surface area (Å²) in [5.41, 5.74) is 2.56. The third-order valence-electron chi connectivity index (χ3n) is 5.63. The summed E-state index contributed by atoms with van der Waals surface area (Å²) in [5, 5.41) is 12.8. The minimum Gasteiger partial charge on any atom is -0.392 e. The Morgan fingerprint density at radius 2 is 1.48 bits per heavy atom. The van der Waals surface area contributed by atoms with Gasteiger partial charge in [-0.05, 0) is 17.5 Å². The number of carbonyl (C=O) groups is 1. The average Bonchev–Trinajstić information content (AvgIpc) is 3.16. The van der Waals surface area contributed by atoms with Crippen molar-refractivity contribution in [3.8, 4) is 0 Å². The Morgan fingerprint density at radius 1 is 0.926 bits per heavy atom. The molecule has 2 N–H and O–H groups in total. The highest BCUT2D eigenvalue weighted by Crippen LogP contribution is 2.29. The summed E-state index contributed by atoms with van der Waals surface area (Å²) in [6.45, 7) is 3.65. The molecule has 4 rings (SSSR count). The van der Waals surface area contributed by atoms with Crippen molar-refractivity contribution in [2.45, 2.75) is 24.6 Å². The molecule has 0 aliphatic carbocycles. The molecule has 2 fully saturated rings. The number of hydrogen-bond acceptors (Lipinski definition) is 4. The van der Waals surface area contributed by atoms with Crippen LogP contribution in [-0.4, -0.2) is 65.7 Å². The maximum atomic E-state index is 12.7. The number of piperazine rings is 1. The predicted octanol–water partition coefficient (Wildman–Crippen LogP) is 1.64. The van der Waals surface area contributed by atoms with E-state index >= 15 is 0 Å². The highest BCUT2D eigenvalue weighted by Gasteiger charge is 2.34. The molecule has 2 heterocycles. The van der Waals surface area contributed by atoms with E-state index in [9.17, 15) is 9.90 Å². The fourth-order valence-corrected chi connectivity index (χ4v) is 4.21. The van der Waals surface area contributed by atoms with Gasteiger partial charge in [-0.1, -0.05) is 60.7 Å². The average molecular weight is 365 g/mol. The number of aliphatic hydroxyl groups is 1. The topological polar surface area (TPSA) is 55.8 Å². The van der Waals surface area contributed by atoms with E-state index in [1.165, 1.54) is 11.1 Å². The van der Waals surface area contributed by atoms with Crippen LogP contribution in [0.1, 0.15) is 23.6 Å². The Balaban J connectivity index is 1.47. The Kier molecular flexibility index (Phi) is 5.53. The number of carbonyl (C=O) groups excluding carboxylic acids is 1. The van der Waals surface area contributed by atoms with Gasteiger partial charge in [0.15, 0.2) is 0 Å². The van der Waals surface area contributed by atoms with Gasteiger partial charge in [-0.15, -0.1) is 0 Å². The molecule has 27 heavy (non-hydrogen) atoms. The van der Waals surface area contributed by atoms with Crippen LogP contribution in [-0.2, 0) is 4.79 Å². The molecule has 2 atom stereocenters. The van der Waals surface area contributed by atoms with Crippen molar-refractivity contribution in [1.29, 1.82) is 0 Å². The Hall–Kier alpha value is -2.21. The van der Waals surface area contributed by atoms with Crippen LogP contribution in [0.25, 0.3) is 0 Å². The second-order valence-corrected chi connectivity index (χ2v) is 7.44. The van der Waals surface area contributed by atoms with Gasteiger partial charge >= 0.3 is 0 Å². The summed E-state index contributed by atoms with van der Waals surface area (Å²) in [7, 11) is 0. The number of rotatable bonds is 4. The summed E-state index contributed by atoms with van der Waals surface area (Å²) in [5.74, 6) is 0.127. The Labute approximate surface area is 160 Å². The van der Waals surface area contributed by atoms with Crippen LogP contribution in [0.4, 0.5) is 0 Å². The number of amides is 1. The standard InChI is InChI=1S/C22H27N3O2/c26-19-15-20(23-16-19)22(27)25-13-11-24(12-14-25)21(17-7-3-1-4-8-17)18-9-5-2-6-10-18/h1-10,19-21,23,26H,11-16H2. The largest absolute Gasteiger partial charge is 0.392 e. The van der Waals surface area contributed by atoms with Crippen LogP contribution in [0.5, 0.6) is 0 Å². The molecule has 2 aromatic carbocycles. The number of hydrogen-bond donors (Lipinski definition) is 2. The number of nitrogens with zero attached hydrogens (tertiary/aromatic N) is 2. The quantitative estimate of drug-likeness (QED) is 0.865. The van der Waals surface area contributed by atoms with Crippen molar-refractivity contribution in [1.82, 2.24) is 15.1 Å². The third-order valence-corrected chi connectivity index (χ3v) is 5.63. The van der Waals surface area contributed by atoms with Gasteiger partial charge in [0.1, 0.15) is 0 Å². The Morgan fingerprint density at radius 3 is 1.96 bits per heavy atom. The molecule has 2 aliphatic rings. The van der Waals surface area contributed by atoms with Crippen LogP contribution >= 0.6 is 0 Å². The maximum Gasteiger partial charge on any atom is 0.239 e. The highest BCUT2D eigenvalue weighted by atomic mass is 16.3.